The lowest BCUT2D eigenvalue weighted by Crippen LogP contribution is -2.14. The first-order valence-electron chi connectivity index (χ1n) is 6.21. The molecule has 1 amide bonds. The van der Waals surface area contributed by atoms with Crippen LogP contribution in [0.3, 0.4) is 0 Å². The maximum absolute atomic E-state index is 12.0. The molecular weight excluding hydrogens is 266 g/mol. The predicted molar refractivity (Wildman–Crippen MR) is 79.8 cm³/mol. The third kappa shape index (κ3) is 3.88. The minimum atomic E-state index is -0.382. The van der Waals surface area contributed by atoms with Crippen LogP contribution < -0.4 is 10.6 Å². The Kier molecular flexibility index (Phi) is 4.62. The zero-order valence-electron chi connectivity index (χ0n) is 11.2. The molecule has 1 heterocycles. The number of hydrogen-bond donors (Lipinski definition) is 2. The van der Waals surface area contributed by atoms with E-state index in [-0.39, 0.29) is 11.6 Å². The van der Waals surface area contributed by atoms with Crippen LogP contribution in [-0.4, -0.2) is 22.4 Å². The Bertz CT molecular complexity index is 688. The van der Waals surface area contributed by atoms with Gasteiger partial charge in [-0.1, -0.05) is 12.1 Å². The first-order chi connectivity index (χ1) is 10.2. The fourth-order valence-corrected chi connectivity index (χ4v) is 1.57. The number of anilines is 2. The maximum atomic E-state index is 12.0. The van der Waals surface area contributed by atoms with Gasteiger partial charge in [-0.2, -0.15) is 5.26 Å². The van der Waals surface area contributed by atoms with Crippen molar-refractivity contribution in [2.24, 2.45) is 0 Å². The number of nitrogens with zero attached hydrogens (tertiary/aromatic N) is 3. The molecule has 2 rings (SSSR count). The van der Waals surface area contributed by atoms with Crippen molar-refractivity contribution in [2.45, 2.75) is 0 Å². The molecule has 0 atom stereocenters. The molecule has 0 aliphatic rings. The van der Waals surface area contributed by atoms with E-state index < -0.39 is 0 Å². The summed E-state index contributed by atoms with van der Waals surface area (Å²) in [4.78, 5) is 20.1. The van der Waals surface area contributed by atoms with Crippen molar-refractivity contribution >= 4 is 17.4 Å². The number of nitrogens with one attached hydrogen (secondary N) is 2. The standard InChI is InChI=1S/C15H13N5O/c1-2-6-17-14-10-18-13(9-19-14)15(21)20-12-5-3-4-11(7-12)8-16/h2-5,7,9-10H,1,6H2,(H,17,19)(H,20,21). The van der Waals surface area contributed by atoms with E-state index in [0.717, 1.165) is 0 Å². The maximum Gasteiger partial charge on any atom is 0.275 e. The third-order valence-electron chi connectivity index (χ3n) is 2.56. The van der Waals surface area contributed by atoms with E-state index in [4.69, 9.17) is 5.26 Å². The minimum Gasteiger partial charge on any atom is -0.365 e. The Morgan fingerprint density at radius 3 is 2.90 bits per heavy atom. The van der Waals surface area contributed by atoms with Crippen LogP contribution in [0, 0.1) is 11.3 Å². The van der Waals surface area contributed by atoms with Crippen molar-refractivity contribution in [3.63, 3.8) is 0 Å². The number of carbonyl (C=O) groups excluding carboxylic acids is 1. The van der Waals surface area contributed by atoms with Crippen LogP contribution in [0.2, 0.25) is 0 Å². The molecule has 0 unspecified atom stereocenters. The largest absolute Gasteiger partial charge is 0.365 e. The summed E-state index contributed by atoms with van der Waals surface area (Å²) in [6.45, 7) is 4.16. The summed E-state index contributed by atoms with van der Waals surface area (Å²) in [5, 5.41) is 14.4. The Morgan fingerprint density at radius 2 is 2.24 bits per heavy atom. The Morgan fingerprint density at radius 1 is 1.38 bits per heavy atom. The molecule has 104 valence electrons. The molecule has 6 nitrogen and oxygen atoms in total. The number of carbonyl (C=O) groups is 1. The number of rotatable bonds is 5. The highest BCUT2D eigenvalue weighted by atomic mass is 16.1. The fraction of sp³-hybridized carbons (Fsp3) is 0.0667. The van der Waals surface area contributed by atoms with Gasteiger partial charge >= 0.3 is 0 Å². The quantitative estimate of drug-likeness (QED) is 0.819. The summed E-state index contributed by atoms with van der Waals surface area (Å²) >= 11 is 0. The summed E-state index contributed by atoms with van der Waals surface area (Å²) in [5.41, 5.74) is 1.21. The first kappa shape index (κ1) is 14.2. The number of benzene rings is 1. The Balaban J connectivity index is 2.06. The molecule has 0 radical (unpaired) electrons. The van der Waals surface area contributed by atoms with Gasteiger partial charge in [0, 0.05) is 12.2 Å². The fourth-order valence-electron chi connectivity index (χ4n) is 1.57. The SMILES string of the molecule is C=CCNc1cnc(C(=O)Nc2cccc(C#N)c2)cn1. The molecule has 0 saturated heterocycles. The van der Waals surface area contributed by atoms with Gasteiger partial charge < -0.3 is 10.6 Å². The van der Waals surface area contributed by atoms with E-state index in [2.05, 4.69) is 27.2 Å². The molecule has 1 aromatic carbocycles. The minimum absolute atomic E-state index is 0.196. The molecule has 2 N–H and O–H groups in total. The molecule has 0 aliphatic heterocycles. The molecule has 0 bridgehead atoms. The smallest absolute Gasteiger partial charge is 0.275 e. The van der Waals surface area contributed by atoms with Crippen molar-refractivity contribution in [3.8, 4) is 6.07 Å². The highest BCUT2D eigenvalue weighted by Crippen LogP contribution is 2.11. The van der Waals surface area contributed by atoms with Crippen LogP contribution >= 0.6 is 0 Å². The average Bonchev–Trinajstić information content (AvgIpc) is 2.53. The van der Waals surface area contributed by atoms with Crippen molar-refractivity contribution in [2.75, 3.05) is 17.2 Å². The normalized spacial score (nSPS) is 9.48. The lowest BCUT2D eigenvalue weighted by atomic mass is 10.2. The van der Waals surface area contributed by atoms with Crippen molar-refractivity contribution in [1.82, 2.24) is 9.97 Å². The number of aromatic nitrogens is 2. The van der Waals surface area contributed by atoms with Gasteiger partial charge in [-0.15, -0.1) is 6.58 Å². The van der Waals surface area contributed by atoms with Crippen LogP contribution in [0.15, 0.2) is 49.3 Å². The van der Waals surface area contributed by atoms with Gasteiger partial charge in [0.15, 0.2) is 0 Å². The molecule has 1 aromatic heterocycles. The van der Waals surface area contributed by atoms with Gasteiger partial charge in [0.25, 0.3) is 5.91 Å². The van der Waals surface area contributed by atoms with Gasteiger partial charge in [-0.25, -0.2) is 9.97 Å². The van der Waals surface area contributed by atoms with Gasteiger partial charge in [-0.05, 0) is 18.2 Å². The molecule has 0 saturated carbocycles. The van der Waals surface area contributed by atoms with Crippen LogP contribution in [-0.2, 0) is 0 Å². The van der Waals surface area contributed by atoms with Crippen molar-refractivity contribution in [3.05, 3.63) is 60.6 Å². The monoisotopic (exact) mass is 279 g/mol. The lowest BCUT2D eigenvalue weighted by Gasteiger charge is -2.06. The highest BCUT2D eigenvalue weighted by Gasteiger charge is 2.08. The van der Waals surface area contributed by atoms with Crippen LogP contribution in [0.1, 0.15) is 16.1 Å². The van der Waals surface area contributed by atoms with Gasteiger partial charge in [0.2, 0.25) is 0 Å². The lowest BCUT2D eigenvalue weighted by molar-refractivity contribution is 0.102. The second kappa shape index (κ2) is 6.82. The molecule has 2 aromatic rings. The van der Waals surface area contributed by atoms with Crippen LogP contribution in [0.25, 0.3) is 0 Å². The van der Waals surface area contributed by atoms with Gasteiger partial charge in [0.1, 0.15) is 11.5 Å². The Hall–Kier alpha value is -3.20. The Labute approximate surface area is 122 Å². The second-order valence-electron chi connectivity index (χ2n) is 4.10. The van der Waals surface area contributed by atoms with E-state index in [1.165, 1.54) is 12.4 Å². The topological polar surface area (TPSA) is 90.7 Å². The summed E-state index contributed by atoms with van der Waals surface area (Å²) in [5.74, 6) is 0.186. The zero-order chi connectivity index (χ0) is 15.1. The van der Waals surface area contributed by atoms with E-state index in [1.807, 2.05) is 6.07 Å². The summed E-state index contributed by atoms with van der Waals surface area (Å²) in [7, 11) is 0. The second-order valence-corrected chi connectivity index (χ2v) is 4.10. The first-order valence-corrected chi connectivity index (χ1v) is 6.21. The highest BCUT2D eigenvalue weighted by molar-refractivity contribution is 6.02. The summed E-state index contributed by atoms with van der Waals surface area (Å²) in [6, 6.07) is 8.66. The predicted octanol–water partition coefficient (Wildman–Crippen LogP) is 2.20. The van der Waals surface area contributed by atoms with Gasteiger partial charge in [-0.3, -0.25) is 4.79 Å². The molecule has 0 spiro atoms. The third-order valence-corrected chi connectivity index (χ3v) is 2.56. The van der Waals surface area contributed by atoms with E-state index in [1.54, 1.807) is 30.3 Å². The summed E-state index contributed by atoms with van der Waals surface area (Å²) < 4.78 is 0. The van der Waals surface area contributed by atoms with Crippen molar-refractivity contribution in [1.29, 1.82) is 5.26 Å². The molecular formula is C15H13N5O. The van der Waals surface area contributed by atoms with Crippen LogP contribution in [0.4, 0.5) is 11.5 Å². The molecule has 0 aliphatic carbocycles. The van der Waals surface area contributed by atoms with Crippen LogP contribution in [0.5, 0.6) is 0 Å². The molecule has 6 heteroatoms. The summed E-state index contributed by atoms with van der Waals surface area (Å²) in [6.07, 6.45) is 4.56. The number of amides is 1. The average molecular weight is 279 g/mol. The van der Waals surface area contributed by atoms with E-state index in [9.17, 15) is 4.79 Å². The number of hydrogen-bond acceptors (Lipinski definition) is 5. The van der Waals surface area contributed by atoms with E-state index in [0.29, 0.717) is 23.6 Å². The number of nitriles is 1. The van der Waals surface area contributed by atoms with Crippen molar-refractivity contribution < 1.29 is 4.79 Å². The van der Waals surface area contributed by atoms with Gasteiger partial charge in [0.05, 0.1) is 24.0 Å². The van der Waals surface area contributed by atoms with E-state index >= 15 is 0 Å². The zero-order valence-corrected chi connectivity index (χ0v) is 11.2. The molecule has 21 heavy (non-hydrogen) atoms. The molecule has 0 fully saturated rings.